The summed E-state index contributed by atoms with van der Waals surface area (Å²) in [4.78, 5) is 24.3. The van der Waals surface area contributed by atoms with Crippen molar-refractivity contribution in [1.29, 1.82) is 0 Å². The van der Waals surface area contributed by atoms with Crippen LogP contribution < -0.4 is 0 Å². The third-order valence-corrected chi connectivity index (χ3v) is 4.24. The van der Waals surface area contributed by atoms with Crippen molar-refractivity contribution >= 4 is 11.9 Å². The van der Waals surface area contributed by atoms with E-state index in [0.29, 0.717) is 18.8 Å². The molecule has 0 amide bonds. The molecule has 2 atom stereocenters. The summed E-state index contributed by atoms with van der Waals surface area (Å²) in [6, 6.07) is 0. The number of allylic oxidation sites excluding steroid dienone is 1. The van der Waals surface area contributed by atoms with E-state index in [4.69, 9.17) is 9.47 Å². The fourth-order valence-corrected chi connectivity index (χ4v) is 3.20. The average Bonchev–Trinajstić information content (AvgIpc) is 2.92. The molecule has 4 heteroatoms. The monoisotopic (exact) mass is 252 g/mol. The fraction of sp³-hybridized carbons (Fsp3) is 0.714. The summed E-state index contributed by atoms with van der Waals surface area (Å²) in [5.74, 6) is -0.488. The fourth-order valence-electron chi connectivity index (χ4n) is 3.20. The molecule has 4 nitrogen and oxygen atoms in total. The number of ether oxygens (including phenoxy) is 2. The summed E-state index contributed by atoms with van der Waals surface area (Å²) in [5, 5.41) is 0. The molecule has 0 bridgehead atoms. The van der Waals surface area contributed by atoms with Crippen LogP contribution in [0, 0.1) is 16.7 Å². The minimum atomic E-state index is -1.09. The van der Waals surface area contributed by atoms with Gasteiger partial charge < -0.3 is 9.47 Å². The first-order valence-electron chi connectivity index (χ1n) is 6.52. The Morgan fingerprint density at radius 1 is 1.22 bits per heavy atom. The van der Waals surface area contributed by atoms with Crippen molar-refractivity contribution in [3.8, 4) is 0 Å². The molecule has 0 saturated heterocycles. The smallest absolute Gasteiger partial charge is 0.323 e. The highest BCUT2D eigenvalue weighted by molar-refractivity contribution is 6.01. The van der Waals surface area contributed by atoms with Crippen LogP contribution in [0.4, 0.5) is 0 Å². The summed E-state index contributed by atoms with van der Waals surface area (Å²) < 4.78 is 10.2. The Morgan fingerprint density at radius 2 is 1.78 bits per heavy atom. The first-order chi connectivity index (χ1) is 8.54. The highest BCUT2D eigenvalue weighted by Gasteiger charge is 2.69. The molecule has 0 radical (unpaired) electrons. The third kappa shape index (κ3) is 1.74. The van der Waals surface area contributed by atoms with E-state index in [1.807, 2.05) is 6.08 Å². The molecule has 0 aromatic rings. The molecular weight excluding hydrogens is 232 g/mol. The van der Waals surface area contributed by atoms with Gasteiger partial charge in [-0.3, -0.25) is 9.59 Å². The summed E-state index contributed by atoms with van der Waals surface area (Å²) in [7, 11) is 0. The normalized spacial score (nSPS) is 31.3. The lowest BCUT2D eigenvalue weighted by molar-refractivity contribution is -0.172. The summed E-state index contributed by atoms with van der Waals surface area (Å²) in [6.45, 7) is 7.89. The molecule has 2 rings (SSSR count). The number of hydrogen-bond donors (Lipinski definition) is 0. The quantitative estimate of drug-likeness (QED) is 0.427. The summed E-state index contributed by atoms with van der Waals surface area (Å²) in [5.41, 5.74) is -1.14. The zero-order chi connectivity index (χ0) is 13.4. The standard InChI is InChI=1S/C14H20O4/c1-4-13-7-10(13)8-14(9-13,11(15)17-5-2)12(16)18-6-3/h4,10H,1,5-9H2,2-3H3. The largest absolute Gasteiger partial charge is 0.465 e. The van der Waals surface area contributed by atoms with E-state index in [0.717, 1.165) is 6.42 Å². The lowest BCUT2D eigenvalue weighted by Gasteiger charge is -2.26. The van der Waals surface area contributed by atoms with Crippen LogP contribution in [-0.4, -0.2) is 25.2 Å². The van der Waals surface area contributed by atoms with Crippen LogP contribution >= 0.6 is 0 Å². The molecule has 18 heavy (non-hydrogen) atoms. The van der Waals surface area contributed by atoms with Crippen LogP contribution in [0.1, 0.15) is 33.1 Å². The zero-order valence-electron chi connectivity index (χ0n) is 11.0. The third-order valence-electron chi connectivity index (χ3n) is 4.24. The molecule has 0 N–H and O–H groups in total. The molecule has 0 aromatic carbocycles. The number of hydrogen-bond acceptors (Lipinski definition) is 4. The molecule has 0 heterocycles. The van der Waals surface area contributed by atoms with Crippen molar-refractivity contribution in [3.05, 3.63) is 12.7 Å². The van der Waals surface area contributed by atoms with Gasteiger partial charge in [0.25, 0.3) is 0 Å². The lowest BCUT2D eigenvalue weighted by atomic mass is 9.80. The minimum absolute atomic E-state index is 0.0421. The molecule has 0 aliphatic heterocycles. The van der Waals surface area contributed by atoms with Crippen molar-refractivity contribution in [3.63, 3.8) is 0 Å². The van der Waals surface area contributed by atoms with Crippen LogP contribution in [-0.2, 0) is 19.1 Å². The van der Waals surface area contributed by atoms with Gasteiger partial charge in [0, 0.05) is 0 Å². The van der Waals surface area contributed by atoms with Gasteiger partial charge in [-0.15, -0.1) is 6.58 Å². The van der Waals surface area contributed by atoms with Crippen molar-refractivity contribution < 1.29 is 19.1 Å². The second-order valence-electron chi connectivity index (χ2n) is 5.24. The molecule has 2 unspecified atom stereocenters. The topological polar surface area (TPSA) is 52.6 Å². The van der Waals surface area contributed by atoms with Gasteiger partial charge in [0.05, 0.1) is 13.2 Å². The Hall–Kier alpha value is -1.32. The van der Waals surface area contributed by atoms with E-state index in [1.165, 1.54) is 0 Å². The van der Waals surface area contributed by atoms with Crippen LogP contribution in [0.15, 0.2) is 12.7 Å². The maximum atomic E-state index is 12.2. The van der Waals surface area contributed by atoms with Gasteiger partial charge in [-0.05, 0) is 44.4 Å². The van der Waals surface area contributed by atoms with E-state index in [9.17, 15) is 9.59 Å². The number of rotatable bonds is 5. The first kappa shape index (κ1) is 13.1. The second-order valence-corrected chi connectivity index (χ2v) is 5.24. The van der Waals surface area contributed by atoms with Gasteiger partial charge in [-0.2, -0.15) is 0 Å². The number of carbonyl (C=O) groups is 2. The summed E-state index contributed by atoms with van der Waals surface area (Å²) >= 11 is 0. The molecule has 100 valence electrons. The van der Waals surface area contributed by atoms with E-state index in [2.05, 4.69) is 6.58 Å². The molecule has 2 aliphatic carbocycles. The summed E-state index contributed by atoms with van der Waals surface area (Å²) in [6.07, 6.45) is 3.94. The molecule has 0 aromatic heterocycles. The lowest BCUT2D eigenvalue weighted by Crippen LogP contribution is -2.41. The molecule has 2 fully saturated rings. The SMILES string of the molecule is C=CC12CC1CC(C(=O)OCC)(C(=O)OCC)C2. The highest BCUT2D eigenvalue weighted by Crippen LogP contribution is 2.70. The maximum Gasteiger partial charge on any atom is 0.323 e. The number of fused-ring (bicyclic) bond motifs is 1. The Bertz CT molecular complexity index is 369. The predicted octanol–water partition coefficient (Wildman–Crippen LogP) is 2.09. The number of esters is 2. The van der Waals surface area contributed by atoms with Crippen LogP contribution in [0.5, 0.6) is 0 Å². The van der Waals surface area contributed by atoms with Crippen LogP contribution in [0.25, 0.3) is 0 Å². The molecule has 2 saturated carbocycles. The average molecular weight is 252 g/mol. The van der Waals surface area contributed by atoms with Crippen LogP contribution in [0.2, 0.25) is 0 Å². The van der Waals surface area contributed by atoms with Crippen LogP contribution in [0.3, 0.4) is 0 Å². The zero-order valence-corrected chi connectivity index (χ0v) is 11.0. The van der Waals surface area contributed by atoms with Crippen molar-refractivity contribution in [1.82, 2.24) is 0 Å². The molecule has 0 spiro atoms. The maximum absolute atomic E-state index is 12.2. The molecular formula is C14H20O4. The van der Waals surface area contributed by atoms with Crippen molar-refractivity contribution in [2.24, 2.45) is 16.7 Å². The predicted molar refractivity (Wildman–Crippen MR) is 65.7 cm³/mol. The van der Waals surface area contributed by atoms with Crippen molar-refractivity contribution in [2.75, 3.05) is 13.2 Å². The Balaban J connectivity index is 2.23. The van der Waals surface area contributed by atoms with Crippen molar-refractivity contribution in [2.45, 2.75) is 33.1 Å². The van der Waals surface area contributed by atoms with E-state index in [-0.39, 0.29) is 18.6 Å². The van der Waals surface area contributed by atoms with Gasteiger partial charge >= 0.3 is 11.9 Å². The Labute approximate surface area is 107 Å². The van der Waals surface area contributed by atoms with E-state index in [1.54, 1.807) is 13.8 Å². The second kappa shape index (κ2) is 4.41. The van der Waals surface area contributed by atoms with Gasteiger partial charge in [0.2, 0.25) is 0 Å². The van der Waals surface area contributed by atoms with E-state index < -0.39 is 17.4 Å². The Morgan fingerprint density at radius 3 is 2.17 bits per heavy atom. The van der Waals surface area contributed by atoms with Gasteiger partial charge in [-0.25, -0.2) is 0 Å². The van der Waals surface area contributed by atoms with Gasteiger partial charge in [-0.1, -0.05) is 6.08 Å². The van der Waals surface area contributed by atoms with Gasteiger partial charge in [0.15, 0.2) is 5.41 Å². The first-order valence-corrected chi connectivity index (χ1v) is 6.52. The van der Waals surface area contributed by atoms with Gasteiger partial charge in [0.1, 0.15) is 0 Å². The Kier molecular flexibility index (Phi) is 3.21. The highest BCUT2D eigenvalue weighted by atomic mass is 16.6. The molecule has 2 aliphatic rings. The minimum Gasteiger partial charge on any atom is -0.465 e. The van der Waals surface area contributed by atoms with E-state index >= 15 is 0 Å². The number of carbonyl (C=O) groups excluding carboxylic acids is 2.